The Hall–Kier alpha value is -2.61. The van der Waals surface area contributed by atoms with Crippen molar-refractivity contribution in [2.45, 2.75) is 66.5 Å². The van der Waals surface area contributed by atoms with Crippen LogP contribution in [0.1, 0.15) is 83.6 Å². The van der Waals surface area contributed by atoms with Crippen LogP contribution in [0.4, 0.5) is 0 Å². The Kier molecular flexibility index (Phi) is 8.00. The molecular weight excluding hydrogens is 438 g/mol. The molecule has 0 aliphatic carbocycles. The molecule has 180 valence electrons. The van der Waals surface area contributed by atoms with E-state index in [2.05, 4.69) is 24.1 Å². The van der Waals surface area contributed by atoms with Crippen molar-refractivity contribution in [3.05, 3.63) is 44.9 Å². The average Bonchev–Trinajstić information content (AvgIpc) is 3.38. The molecule has 7 nitrogen and oxygen atoms in total. The number of rotatable bonds is 7. The molecule has 1 fully saturated rings. The number of amides is 2. The normalized spacial score (nSPS) is 17.3. The van der Waals surface area contributed by atoms with Gasteiger partial charge in [-0.3, -0.25) is 9.59 Å². The number of ether oxygens (including phenoxy) is 1. The van der Waals surface area contributed by atoms with Crippen molar-refractivity contribution in [1.29, 1.82) is 0 Å². The number of thiophene rings is 1. The Bertz CT molecular complexity index is 994. The predicted octanol–water partition coefficient (Wildman–Crippen LogP) is 4.62. The summed E-state index contributed by atoms with van der Waals surface area (Å²) in [5.74, 6) is -0.622. The van der Waals surface area contributed by atoms with Crippen LogP contribution in [0, 0.1) is 25.7 Å². The molecule has 2 N–H and O–H groups in total. The van der Waals surface area contributed by atoms with Crippen LogP contribution in [0.2, 0.25) is 0 Å². The van der Waals surface area contributed by atoms with E-state index < -0.39 is 5.97 Å². The van der Waals surface area contributed by atoms with Gasteiger partial charge in [0.15, 0.2) is 0 Å². The van der Waals surface area contributed by atoms with E-state index in [0.717, 1.165) is 17.7 Å². The van der Waals surface area contributed by atoms with Gasteiger partial charge >= 0.3 is 5.97 Å². The molecule has 8 heteroatoms. The first-order valence-electron chi connectivity index (χ1n) is 11.6. The number of nitrogens with one attached hydrogen (secondary N) is 2. The van der Waals surface area contributed by atoms with E-state index in [0.29, 0.717) is 35.6 Å². The van der Waals surface area contributed by atoms with Gasteiger partial charge in [0.1, 0.15) is 5.69 Å². The lowest BCUT2D eigenvalue weighted by Crippen LogP contribution is -2.46. The Morgan fingerprint density at radius 3 is 2.55 bits per heavy atom. The maximum atomic E-state index is 13.3. The van der Waals surface area contributed by atoms with E-state index in [1.54, 1.807) is 43.9 Å². The second kappa shape index (κ2) is 10.5. The van der Waals surface area contributed by atoms with Gasteiger partial charge in [0.05, 0.1) is 23.6 Å². The zero-order chi connectivity index (χ0) is 24.3. The number of carbonyl (C=O) groups excluding carboxylic acids is 3. The highest BCUT2D eigenvalue weighted by Crippen LogP contribution is 2.28. The van der Waals surface area contributed by atoms with Crippen molar-refractivity contribution in [2.75, 3.05) is 13.1 Å². The highest BCUT2D eigenvalue weighted by atomic mass is 32.1. The monoisotopic (exact) mass is 473 g/mol. The quantitative estimate of drug-likeness (QED) is 0.574. The van der Waals surface area contributed by atoms with Gasteiger partial charge in [-0.05, 0) is 63.5 Å². The zero-order valence-electron chi connectivity index (χ0n) is 20.4. The van der Waals surface area contributed by atoms with Gasteiger partial charge in [0, 0.05) is 23.7 Å². The van der Waals surface area contributed by atoms with Gasteiger partial charge < -0.3 is 19.9 Å². The van der Waals surface area contributed by atoms with Gasteiger partial charge in [-0.1, -0.05) is 19.9 Å². The summed E-state index contributed by atoms with van der Waals surface area (Å²) in [5, 5.41) is 5.23. The standard InChI is InChI=1S/C25H35N3O4S/c1-14(2)21(19-10-8-12-33-19)27-23(29)18-9-7-11-28(13-18)24(30)22-16(5)20(17(6)26-22)25(31)32-15(3)4/h8,10,12,14-15,18,21,26H,7,9,11,13H2,1-6H3,(H,27,29)/t18-,21-/m1/s1. The molecule has 2 amide bonds. The number of aromatic amines is 1. The third-order valence-corrected chi connectivity index (χ3v) is 7.05. The summed E-state index contributed by atoms with van der Waals surface area (Å²) in [5.41, 5.74) is 2.01. The number of carbonyl (C=O) groups is 3. The summed E-state index contributed by atoms with van der Waals surface area (Å²) in [7, 11) is 0. The third-order valence-electron chi connectivity index (χ3n) is 6.09. The number of piperidine rings is 1. The fraction of sp³-hybridized carbons (Fsp3) is 0.560. The lowest BCUT2D eigenvalue weighted by atomic mass is 9.95. The first-order valence-corrected chi connectivity index (χ1v) is 12.5. The second-order valence-corrected chi connectivity index (χ2v) is 10.4. The topological polar surface area (TPSA) is 91.5 Å². The van der Waals surface area contributed by atoms with Crippen LogP contribution < -0.4 is 5.32 Å². The largest absolute Gasteiger partial charge is 0.459 e. The van der Waals surface area contributed by atoms with Crippen LogP contribution in [0.3, 0.4) is 0 Å². The van der Waals surface area contributed by atoms with E-state index in [9.17, 15) is 14.4 Å². The van der Waals surface area contributed by atoms with E-state index >= 15 is 0 Å². The summed E-state index contributed by atoms with van der Waals surface area (Å²) >= 11 is 1.64. The number of hydrogen-bond acceptors (Lipinski definition) is 5. The highest BCUT2D eigenvalue weighted by molar-refractivity contribution is 7.10. The average molecular weight is 474 g/mol. The molecule has 0 saturated carbocycles. The van der Waals surface area contributed by atoms with Gasteiger partial charge in [-0.15, -0.1) is 11.3 Å². The fourth-order valence-corrected chi connectivity index (χ4v) is 5.33. The van der Waals surface area contributed by atoms with Crippen LogP contribution in [0.25, 0.3) is 0 Å². The number of aryl methyl sites for hydroxylation is 1. The van der Waals surface area contributed by atoms with Crippen LogP contribution in [-0.2, 0) is 9.53 Å². The smallest absolute Gasteiger partial charge is 0.340 e. The Balaban J connectivity index is 1.72. The highest BCUT2D eigenvalue weighted by Gasteiger charge is 2.33. The van der Waals surface area contributed by atoms with Gasteiger partial charge in [-0.25, -0.2) is 4.79 Å². The third kappa shape index (κ3) is 5.66. The molecule has 2 aromatic heterocycles. The maximum absolute atomic E-state index is 13.3. The minimum atomic E-state index is -0.431. The number of esters is 1. The number of likely N-dealkylation sites (tertiary alicyclic amines) is 1. The molecule has 3 rings (SSSR count). The van der Waals surface area contributed by atoms with Crippen LogP contribution in [0.15, 0.2) is 17.5 Å². The molecular formula is C25H35N3O4S. The first-order chi connectivity index (χ1) is 15.6. The summed E-state index contributed by atoms with van der Waals surface area (Å²) in [6, 6.07) is 4.00. The SMILES string of the molecule is Cc1[nH]c(C(=O)N2CCC[C@@H](C(=O)N[C@@H](c3cccs3)C(C)C)C2)c(C)c1C(=O)OC(C)C. The molecule has 0 radical (unpaired) electrons. The van der Waals surface area contributed by atoms with E-state index in [1.807, 2.05) is 17.5 Å². The van der Waals surface area contributed by atoms with Crippen molar-refractivity contribution < 1.29 is 19.1 Å². The van der Waals surface area contributed by atoms with Crippen LogP contribution in [-0.4, -0.2) is 46.9 Å². The van der Waals surface area contributed by atoms with Crippen molar-refractivity contribution in [3.8, 4) is 0 Å². The molecule has 2 atom stereocenters. The first kappa shape index (κ1) is 25.0. The van der Waals surface area contributed by atoms with Crippen molar-refractivity contribution in [1.82, 2.24) is 15.2 Å². The Morgan fingerprint density at radius 1 is 1.21 bits per heavy atom. The molecule has 1 aliphatic rings. The molecule has 0 spiro atoms. The molecule has 0 aromatic carbocycles. The molecule has 1 aliphatic heterocycles. The number of nitrogens with zero attached hydrogens (tertiary/aromatic N) is 1. The molecule has 2 aromatic rings. The van der Waals surface area contributed by atoms with Gasteiger partial charge in [0.25, 0.3) is 5.91 Å². The van der Waals surface area contributed by atoms with Crippen molar-refractivity contribution in [2.24, 2.45) is 11.8 Å². The van der Waals surface area contributed by atoms with Crippen molar-refractivity contribution in [3.63, 3.8) is 0 Å². The fourth-order valence-electron chi connectivity index (χ4n) is 4.38. The number of hydrogen-bond donors (Lipinski definition) is 2. The summed E-state index contributed by atoms with van der Waals surface area (Å²) in [6.45, 7) is 12.3. The molecule has 1 saturated heterocycles. The molecule has 0 bridgehead atoms. The van der Waals surface area contributed by atoms with E-state index in [4.69, 9.17) is 4.74 Å². The summed E-state index contributed by atoms with van der Waals surface area (Å²) in [6.07, 6.45) is 1.27. The lowest BCUT2D eigenvalue weighted by molar-refractivity contribution is -0.127. The Morgan fingerprint density at radius 2 is 1.94 bits per heavy atom. The lowest BCUT2D eigenvalue weighted by Gasteiger charge is -2.33. The van der Waals surface area contributed by atoms with E-state index in [1.165, 1.54) is 0 Å². The number of H-pyrrole nitrogens is 1. The van der Waals surface area contributed by atoms with Gasteiger partial charge in [0.2, 0.25) is 5.91 Å². The van der Waals surface area contributed by atoms with Crippen molar-refractivity contribution >= 4 is 29.1 Å². The summed E-state index contributed by atoms with van der Waals surface area (Å²) < 4.78 is 5.34. The second-order valence-electron chi connectivity index (χ2n) is 9.42. The van der Waals surface area contributed by atoms with Crippen LogP contribution >= 0.6 is 11.3 Å². The minimum absolute atomic E-state index is 0.0137. The minimum Gasteiger partial charge on any atom is -0.459 e. The number of aromatic nitrogens is 1. The van der Waals surface area contributed by atoms with Crippen LogP contribution in [0.5, 0.6) is 0 Å². The van der Waals surface area contributed by atoms with Gasteiger partial charge in [-0.2, -0.15) is 0 Å². The molecule has 3 heterocycles. The molecule has 0 unspecified atom stereocenters. The molecule has 33 heavy (non-hydrogen) atoms. The zero-order valence-corrected chi connectivity index (χ0v) is 21.2. The Labute approximate surface area is 199 Å². The maximum Gasteiger partial charge on any atom is 0.340 e. The van der Waals surface area contributed by atoms with E-state index in [-0.39, 0.29) is 35.8 Å². The predicted molar refractivity (Wildman–Crippen MR) is 129 cm³/mol. The summed E-state index contributed by atoms with van der Waals surface area (Å²) in [4.78, 5) is 44.9.